The third-order valence-corrected chi connectivity index (χ3v) is 6.21. The molecule has 3 heterocycles. The molecular weight excluding hydrogens is 401 g/mol. The van der Waals surface area contributed by atoms with E-state index in [0.29, 0.717) is 25.9 Å². The van der Waals surface area contributed by atoms with Gasteiger partial charge in [-0.1, -0.05) is 19.6 Å². The topological polar surface area (TPSA) is 78.8 Å². The Morgan fingerprint density at radius 2 is 1.97 bits per heavy atom. The first kappa shape index (κ1) is 20.9. The minimum absolute atomic E-state index is 0.0489. The number of ether oxygens (including phenoxy) is 1. The number of alkyl halides is 3. The Kier molecular flexibility index (Phi) is 5.16. The lowest BCUT2D eigenvalue weighted by Gasteiger charge is -2.43. The molecule has 4 rings (SSSR count). The first-order valence-electron chi connectivity index (χ1n) is 10.2. The van der Waals surface area contributed by atoms with E-state index in [1.807, 2.05) is 6.92 Å². The Morgan fingerprint density at radius 3 is 2.47 bits per heavy atom. The maximum Gasteiger partial charge on any atom is 0.434 e. The SMILES string of the molecule is C=Cc1c(N2CC3C(C2)C3OC(=O)CCC)nc(N2C[C@@H](O)[C@@H]2C)nc1C(F)(F)F. The van der Waals surface area contributed by atoms with E-state index in [0.717, 1.165) is 6.08 Å². The zero-order chi connectivity index (χ0) is 21.8. The number of aromatic nitrogens is 2. The number of β-amino-alcohol motifs (C(OH)–C–C–N with tert-alkyl or cyclic N) is 1. The second-order valence-corrected chi connectivity index (χ2v) is 8.21. The van der Waals surface area contributed by atoms with E-state index < -0.39 is 18.0 Å². The average Bonchev–Trinajstić information content (AvgIpc) is 3.12. The van der Waals surface area contributed by atoms with Crippen molar-refractivity contribution < 1.29 is 27.8 Å². The number of hydrogen-bond donors (Lipinski definition) is 1. The molecule has 3 aliphatic rings. The van der Waals surface area contributed by atoms with Crippen molar-refractivity contribution in [2.45, 2.75) is 51.1 Å². The number of anilines is 2. The number of carbonyl (C=O) groups excluding carboxylic acids is 1. The molecule has 164 valence electrons. The number of aliphatic hydroxyl groups is 1. The summed E-state index contributed by atoms with van der Waals surface area (Å²) in [5, 5.41) is 9.75. The van der Waals surface area contributed by atoms with Gasteiger partial charge in [0.25, 0.3) is 0 Å². The molecule has 2 aliphatic heterocycles. The molecule has 0 bridgehead atoms. The standard InChI is InChI=1S/C20H25F3N4O3/c1-4-6-15(29)30-16-12-7-26(8-13(12)16)18-11(5-2)17(20(21,22)23)24-19(25-18)27-9-14(28)10(27)3/h5,10,12-14,16,28H,2,4,6-9H2,1,3H3/t10-,12?,13?,14+,16?/m0/s1. The molecule has 1 saturated carbocycles. The van der Waals surface area contributed by atoms with Crippen molar-refractivity contribution in [1.29, 1.82) is 0 Å². The Bertz CT molecular complexity index is 850. The molecule has 4 atom stereocenters. The molecule has 0 aromatic carbocycles. The number of rotatable bonds is 6. The van der Waals surface area contributed by atoms with Gasteiger partial charge in [-0.25, -0.2) is 4.98 Å². The molecular formula is C20H25F3N4O3. The highest BCUT2D eigenvalue weighted by Crippen LogP contribution is 2.50. The van der Waals surface area contributed by atoms with Gasteiger partial charge in [-0.15, -0.1) is 0 Å². The quantitative estimate of drug-likeness (QED) is 0.700. The molecule has 1 aromatic heterocycles. The number of carbonyl (C=O) groups is 1. The summed E-state index contributed by atoms with van der Waals surface area (Å²) in [6, 6.07) is -0.358. The van der Waals surface area contributed by atoms with Crippen molar-refractivity contribution in [1.82, 2.24) is 9.97 Å². The molecule has 2 unspecified atom stereocenters. The molecule has 0 spiro atoms. The average molecular weight is 426 g/mol. The lowest BCUT2D eigenvalue weighted by molar-refractivity contribution is -0.146. The van der Waals surface area contributed by atoms with Crippen molar-refractivity contribution in [3.63, 3.8) is 0 Å². The third-order valence-electron chi connectivity index (χ3n) is 6.21. The molecule has 0 amide bonds. The minimum atomic E-state index is -4.66. The van der Waals surface area contributed by atoms with Gasteiger partial charge in [0.15, 0.2) is 5.69 Å². The normalized spacial score (nSPS) is 30.0. The fourth-order valence-corrected chi connectivity index (χ4v) is 4.31. The van der Waals surface area contributed by atoms with Crippen molar-refractivity contribution in [2.75, 3.05) is 29.4 Å². The highest BCUT2D eigenvalue weighted by atomic mass is 19.4. The lowest BCUT2D eigenvalue weighted by Crippen LogP contribution is -2.59. The van der Waals surface area contributed by atoms with E-state index in [2.05, 4.69) is 16.5 Å². The van der Waals surface area contributed by atoms with E-state index in [1.54, 1.807) is 16.7 Å². The van der Waals surface area contributed by atoms with E-state index in [1.165, 1.54) is 0 Å². The van der Waals surface area contributed by atoms with E-state index in [9.17, 15) is 23.1 Å². The molecule has 0 radical (unpaired) electrons. The number of hydrogen-bond acceptors (Lipinski definition) is 7. The van der Waals surface area contributed by atoms with Gasteiger partial charge in [0.1, 0.15) is 11.9 Å². The van der Waals surface area contributed by atoms with Crippen LogP contribution in [0.2, 0.25) is 0 Å². The van der Waals surface area contributed by atoms with E-state index in [-0.39, 0.29) is 53.8 Å². The van der Waals surface area contributed by atoms with Gasteiger partial charge < -0.3 is 19.6 Å². The Labute approximate surface area is 172 Å². The summed E-state index contributed by atoms with van der Waals surface area (Å²) < 4.78 is 46.6. The largest absolute Gasteiger partial charge is 0.462 e. The van der Waals surface area contributed by atoms with Crippen molar-refractivity contribution >= 4 is 23.8 Å². The fourth-order valence-electron chi connectivity index (χ4n) is 4.31. The second-order valence-electron chi connectivity index (χ2n) is 8.21. The summed E-state index contributed by atoms with van der Waals surface area (Å²) in [6.45, 7) is 8.27. The number of esters is 1. The van der Waals surface area contributed by atoms with Crippen LogP contribution in [0.15, 0.2) is 6.58 Å². The van der Waals surface area contributed by atoms with E-state index in [4.69, 9.17) is 4.74 Å². The predicted molar refractivity (Wildman–Crippen MR) is 104 cm³/mol. The second kappa shape index (κ2) is 7.40. The number of piperidine rings is 1. The number of nitrogens with zero attached hydrogens (tertiary/aromatic N) is 4. The van der Waals surface area contributed by atoms with Crippen LogP contribution in [-0.2, 0) is 15.7 Å². The van der Waals surface area contributed by atoms with Crippen LogP contribution in [0.5, 0.6) is 0 Å². The first-order valence-corrected chi connectivity index (χ1v) is 10.2. The molecule has 1 N–H and O–H groups in total. The summed E-state index contributed by atoms with van der Waals surface area (Å²) >= 11 is 0. The van der Waals surface area contributed by atoms with Crippen molar-refractivity contribution in [3.05, 3.63) is 17.8 Å². The number of fused-ring (bicyclic) bond motifs is 1. The molecule has 7 nitrogen and oxygen atoms in total. The van der Waals surface area contributed by atoms with Gasteiger partial charge in [-0.3, -0.25) is 4.79 Å². The molecule has 1 aromatic rings. The summed E-state index contributed by atoms with van der Waals surface area (Å²) in [6.07, 6.45) is -3.24. The monoisotopic (exact) mass is 426 g/mol. The maximum atomic E-state index is 13.7. The van der Waals surface area contributed by atoms with Crippen molar-refractivity contribution in [3.8, 4) is 0 Å². The molecule has 3 fully saturated rings. The van der Waals surface area contributed by atoms with Crippen LogP contribution in [0.3, 0.4) is 0 Å². The van der Waals surface area contributed by atoms with Gasteiger partial charge in [0, 0.05) is 43.5 Å². The molecule has 30 heavy (non-hydrogen) atoms. The fraction of sp³-hybridized carbons (Fsp3) is 0.650. The van der Waals surface area contributed by atoms with E-state index >= 15 is 0 Å². The van der Waals surface area contributed by atoms with Crippen LogP contribution in [0, 0.1) is 11.8 Å². The minimum Gasteiger partial charge on any atom is -0.462 e. The van der Waals surface area contributed by atoms with Gasteiger partial charge in [-0.2, -0.15) is 18.2 Å². The lowest BCUT2D eigenvalue weighted by atomic mass is 10.0. The van der Waals surface area contributed by atoms with Gasteiger partial charge in [0.2, 0.25) is 5.95 Å². The van der Waals surface area contributed by atoms with Gasteiger partial charge >= 0.3 is 12.1 Å². The molecule has 10 heteroatoms. The number of halogens is 3. The zero-order valence-corrected chi connectivity index (χ0v) is 16.9. The highest BCUT2D eigenvalue weighted by molar-refractivity contribution is 5.71. The summed E-state index contributed by atoms with van der Waals surface area (Å²) in [4.78, 5) is 23.3. The highest BCUT2D eigenvalue weighted by Gasteiger charge is 2.59. The van der Waals surface area contributed by atoms with Crippen LogP contribution in [0.25, 0.3) is 6.08 Å². The summed E-state index contributed by atoms with van der Waals surface area (Å²) in [5.41, 5.74) is -1.18. The number of aliphatic hydroxyl groups excluding tert-OH is 1. The molecule has 2 saturated heterocycles. The van der Waals surface area contributed by atoms with Crippen LogP contribution in [0.1, 0.15) is 37.9 Å². The van der Waals surface area contributed by atoms with Crippen LogP contribution in [-0.4, -0.2) is 58.9 Å². The summed E-state index contributed by atoms with van der Waals surface area (Å²) in [7, 11) is 0. The van der Waals surface area contributed by atoms with Crippen LogP contribution in [0.4, 0.5) is 24.9 Å². The Hall–Kier alpha value is -2.36. The Morgan fingerprint density at radius 1 is 1.30 bits per heavy atom. The van der Waals surface area contributed by atoms with Crippen molar-refractivity contribution in [2.24, 2.45) is 11.8 Å². The predicted octanol–water partition coefficient (Wildman–Crippen LogP) is 2.49. The first-order chi connectivity index (χ1) is 14.2. The van der Waals surface area contributed by atoms with Crippen LogP contribution < -0.4 is 9.80 Å². The van der Waals surface area contributed by atoms with Gasteiger partial charge in [-0.05, 0) is 13.3 Å². The maximum absolute atomic E-state index is 13.7. The smallest absolute Gasteiger partial charge is 0.434 e. The zero-order valence-electron chi connectivity index (χ0n) is 16.9. The van der Waals surface area contributed by atoms with Crippen LogP contribution >= 0.6 is 0 Å². The van der Waals surface area contributed by atoms with Gasteiger partial charge in [0.05, 0.1) is 12.1 Å². The third kappa shape index (κ3) is 3.51. The Balaban J connectivity index is 1.59. The molecule has 1 aliphatic carbocycles. The summed E-state index contributed by atoms with van der Waals surface area (Å²) in [5.74, 6) is 0.0974.